The number of carbonyl (C=O) groups excluding carboxylic acids is 1. The molecule has 0 aliphatic carbocycles. The normalized spacial score (nSPS) is 16.4. The fourth-order valence-corrected chi connectivity index (χ4v) is 4.17. The Morgan fingerprint density at radius 3 is 2.32 bits per heavy atom. The molecule has 2 aromatic carbocycles. The van der Waals surface area contributed by atoms with Crippen molar-refractivity contribution in [1.29, 1.82) is 0 Å². The molecule has 10 nitrogen and oxygen atoms in total. The van der Waals surface area contributed by atoms with Gasteiger partial charge in [0.1, 0.15) is 13.2 Å². The first-order chi connectivity index (χ1) is 16.7. The molecular weight excluding hydrogens is 438 g/mol. The van der Waals surface area contributed by atoms with Gasteiger partial charge in [0, 0.05) is 43.5 Å². The summed E-state index contributed by atoms with van der Waals surface area (Å²) in [7, 11) is 0. The molecule has 1 aromatic heterocycles. The Labute approximate surface area is 196 Å². The summed E-state index contributed by atoms with van der Waals surface area (Å²) in [5.74, 6) is 3.59. The van der Waals surface area contributed by atoms with Gasteiger partial charge in [0.2, 0.25) is 6.79 Å². The number of aromatic nitrogens is 2. The number of urea groups is 1. The minimum Gasteiger partial charge on any atom is -0.486 e. The van der Waals surface area contributed by atoms with Gasteiger partial charge in [-0.2, -0.15) is 0 Å². The predicted octanol–water partition coefficient (Wildman–Crippen LogP) is 3.00. The van der Waals surface area contributed by atoms with Crippen LogP contribution in [-0.2, 0) is 0 Å². The number of hydrogen-bond acceptors (Lipinski definition) is 8. The van der Waals surface area contributed by atoms with Crippen LogP contribution in [0, 0.1) is 0 Å². The molecule has 3 aliphatic rings. The van der Waals surface area contributed by atoms with E-state index in [1.807, 2.05) is 42.5 Å². The third-order valence-electron chi connectivity index (χ3n) is 6.00. The first kappa shape index (κ1) is 20.4. The van der Waals surface area contributed by atoms with E-state index < -0.39 is 0 Å². The molecule has 6 rings (SSSR count). The number of nitrogens with zero attached hydrogens (tertiary/aromatic N) is 4. The molecule has 0 radical (unpaired) electrons. The molecule has 3 aliphatic heterocycles. The first-order valence-corrected chi connectivity index (χ1v) is 11.2. The van der Waals surface area contributed by atoms with E-state index in [1.165, 1.54) is 0 Å². The Balaban J connectivity index is 1.05. The largest absolute Gasteiger partial charge is 0.486 e. The van der Waals surface area contributed by atoms with E-state index >= 15 is 0 Å². The second-order valence-corrected chi connectivity index (χ2v) is 8.11. The number of piperazine rings is 1. The van der Waals surface area contributed by atoms with Crippen LogP contribution in [0.3, 0.4) is 0 Å². The van der Waals surface area contributed by atoms with Gasteiger partial charge >= 0.3 is 6.03 Å². The maximum absolute atomic E-state index is 12.7. The SMILES string of the molecule is O=C(Nc1ccc2c(c1)OCCO2)N1CCN(c2ccc(-c3ccc4c(c3)OCO4)nn2)CC1. The van der Waals surface area contributed by atoms with Gasteiger partial charge in [0.05, 0.1) is 5.69 Å². The molecule has 4 heterocycles. The van der Waals surface area contributed by atoms with Gasteiger partial charge in [-0.25, -0.2) is 4.79 Å². The summed E-state index contributed by atoms with van der Waals surface area (Å²) in [6, 6.07) is 14.9. The minimum absolute atomic E-state index is 0.138. The molecule has 1 N–H and O–H groups in total. The highest BCUT2D eigenvalue weighted by Gasteiger charge is 2.23. The molecule has 0 spiro atoms. The zero-order chi connectivity index (χ0) is 22.9. The summed E-state index contributed by atoms with van der Waals surface area (Å²) < 4.78 is 21.9. The maximum Gasteiger partial charge on any atom is 0.321 e. The molecule has 0 atom stereocenters. The van der Waals surface area contributed by atoms with Crippen molar-refractivity contribution in [2.45, 2.75) is 0 Å². The van der Waals surface area contributed by atoms with Gasteiger partial charge in [0.25, 0.3) is 0 Å². The van der Waals surface area contributed by atoms with Crippen molar-refractivity contribution in [3.05, 3.63) is 48.5 Å². The highest BCUT2D eigenvalue weighted by Crippen LogP contribution is 2.35. The van der Waals surface area contributed by atoms with E-state index in [0.29, 0.717) is 62.3 Å². The average molecular weight is 461 g/mol. The number of benzene rings is 2. The summed E-state index contributed by atoms with van der Waals surface area (Å²) in [4.78, 5) is 16.7. The van der Waals surface area contributed by atoms with Crippen molar-refractivity contribution < 1.29 is 23.7 Å². The van der Waals surface area contributed by atoms with E-state index in [9.17, 15) is 4.79 Å². The maximum atomic E-state index is 12.7. The molecule has 0 saturated carbocycles. The van der Waals surface area contributed by atoms with Crippen LogP contribution in [0.15, 0.2) is 48.5 Å². The number of nitrogens with one attached hydrogen (secondary N) is 1. The second-order valence-electron chi connectivity index (χ2n) is 8.11. The number of rotatable bonds is 3. The van der Waals surface area contributed by atoms with Gasteiger partial charge in [-0.15, -0.1) is 10.2 Å². The lowest BCUT2D eigenvalue weighted by molar-refractivity contribution is 0.171. The monoisotopic (exact) mass is 461 g/mol. The van der Waals surface area contributed by atoms with Crippen LogP contribution in [0.4, 0.5) is 16.3 Å². The average Bonchev–Trinajstić information content (AvgIpc) is 3.37. The van der Waals surface area contributed by atoms with Gasteiger partial charge in [-0.05, 0) is 42.5 Å². The zero-order valence-electron chi connectivity index (χ0n) is 18.4. The number of hydrogen-bond donors (Lipinski definition) is 1. The van der Waals surface area contributed by atoms with Crippen LogP contribution >= 0.6 is 0 Å². The van der Waals surface area contributed by atoms with Crippen molar-refractivity contribution in [2.24, 2.45) is 0 Å². The molecule has 34 heavy (non-hydrogen) atoms. The number of ether oxygens (including phenoxy) is 4. The molecule has 1 saturated heterocycles. The van der Waals surface area contributed by atoms with E-state index in [0.717, 1.165) is 22.8 Å². The summed E-state index contributed by atoms with van der Waals surface area (Å²) in [5, 5.41) is 11.7. The lowest BCUT2D eigenvalue weighted by Gasteiger charge is -2.35. The second kappa shape index (κ2) is 8.62. The van der Waals surface area contributed by atoms with Gasteiger partial charge < -0.3 is 34.1 Å². The molecule has 3 aromatic rings. The standard InChI is InChI=1S/C24H23N5O5/c30-24(25-17-2-5-19-22(14-17)32-12-11-31-19)29-9-7-28(8-10-29)23-6-3-18(26-27-23)16-1-4-20-21(13-16)34-15-33-20/h1-6,13-14H,7-12,15H2,(H,25,30). The Hall–Kier alpha value is -4.21. The lowest BCUT2D eigenvalue weighted by atomic mass is 10.1. The van der Waals surface area contributed by atoms with Crippen molar-refractivity contribution >= 4 is 17.5 Å². The van der Waals surface area contributed by atoms with Crippen molar-refractivity contribution in [3.8, 4) is 34.3 Å². The Bertz CT molecular complexity index is 1210. The van der Waals surface area contributed by atoms with Crippen LogP contribution in [0.2, 0.25) is 0 Å². The van der Waals surface area contributed by atoms with Crippen molar-refractivity contribution in [3.63, 3.8) is 0 Å². The quantitative estimate of drug-likeness (QED) is 0.636. The van der Waals surface area contributed by atoms with Gasteiger partial charge in [-0.3, -0.25) is 0 Å². The number of fused-ring (bicyclic) bond motifs is 2. The molecule has 2 amide bonds. The molecule has 0 unspecified atom stereocenters. The Kier molecular flexibility index (Phi) is 5.17. The summed E-state index contributed by atoms with van der Waals surface area (Å²) in [6.07, 6.45) is 0. The van der Waals surface area contributed by atoms with Crippen LogP contribution in [-0.4, -0.2) is 67.3 Å². The van der Waals surface area contributed by atoms with Crippen LogP contribution < -0.4 is 29.2 Å². The summed E-state index contributed by atoms with van der Waals surface area (Å²) in [5.41, 5.74) is 2.37. The van der Waals surface area contributed by atoms with Gasteiger partial charge in [0.15, 0.2) is 28.8 Å². The number of carbonyl (C=O) groups is 1. The summed E-state index contributed by atoms with van der Waals surface area (Å²) >= 11 is 0. The van der Waals surface area contributed by atoms with Crippen LogP contribution in [0.25, 0.3) is 11.3 Å². The fourth-order valence-electron chi connectivity index (χ4n) is 4.17. The lowest BCUT2D eigenvalue weighted by Crippen LogP contribution is -2.50. The molecule has 10 heteroatoms. The smallest absolute Gasteiger partial charge is 0.321 e. The van der Waals surface area contributed by atoms with Gasteiger partial charge in [-0.1, -0.05) is 0 Å². The fraction of sp³-hybridized carbons (Fsp3) is 0.292. The minimum atomic E-state index is -0.138. The van der Waals surface area contributed by atoms with E-state index in [4.69, 9.17) is 18.9 Å². The number of amides is 2. The highest BCUT2D eigenvalue weighted by atomic mass is 16.7. The van der Waals surface area contributed by atoms with E-state index in [1.54, 1.807) is 11.0 Å². The third kappa shape index (κ3) is 3.98. The van der Waals surface area contributed by atoms with E-state index in [-0.39, 0.29) is 12.8 Å². The molecule has 1 fully saturated rings. The predicted molar refractivity (Wildman–Crippen MR) is 124 cm³/mol. The first-order valence-electron chi connectivity index (χ1n) is 11.2. The molecule has 174 valence electrons. The molecular formula is C24H23N5O5. The molecule has 0 bridgehead atoms. The number of anilines is 2. The Morgan fingerprint density at radius 1 is 0.765 bits per heavy atom. The van der Waals surface area contributed by atoms with Crippen molar-refractivity contribution in [1.82, 2.24) is 15.1 Å². The Morgan fingerprint density at radius 2 is 1.50 bits per heavy atom. The van der Waals surface area contributed by atoms with E-state index in [2.05, 4.69) is 20.4 Å². The zero-order valence-corrected chi connectivity index (χ0v) is 18.4. The third-order valence-corrected chi connectivity index (χ3v) is 6.00. The van der Waals surface area contributed by atoms with Crippen molar-refractivity contribution in [2.75, 3.05) is 56.4 Å². The van der Waals surface area contributed by atoms with Crippen LogP contribution in [0.5, 0.6) is 23.0 Å². The topological polar surface area (TPSA) is 98.3 Å². The van der Waals surface area contributed by atoms with Crippen LogP contribution in [0.1, 0.15) is 0 Å². The highest BCUT2D eigenvalue weighted by molar-refractivity contribution is 5.90. The summed E-state index contributed by atoms with van der Waals surface area (Å²) in [6.45, 7) is 3.80.